The van der Waals surface area contributed by atoms with E-state index in [2.05, 4.69) is 10.3 Å². The van der Waals surface area contributed by atoms with Crippen LogP contribution in [-0.2, 0) is 20.7 Å². The number of morpholine rings is 1. The molecule has 1 saturated carbocycles. The SMILES string of the molecule is Cc1nc(CC(=O)N2CCOC(C)(C(=O)NC3CCCC3)C2)cs1. The zero-order valence-corrected chi connectivity index (χ0v) is 15.2. The van der Waals surface area contributed by atoms with Gasteiger partial charge in [0.25, 0.3) is 5.91 Å². The topological polar surface area (TPSA) is 71.5 Å². The quantitative estimate of drug-likeness (QED) is 0.896. The third-order valence-electron chi connectivity index (χ3n) is 4.80. The molecule has 24 heavy (non-hydrogen) atoms. The molecule has 0 spiro atoms. The van der Waals surface area contributed by atoms with Gasteiger partial charge in [-0.3, -0.25) is 9.59 Å². The number of aromatic nitrogens is 1. The molecule has 1 atom stereocenters. The summed E-state index contributed by atoms with van der Waals surface area (Å²) in [7, 11) is 0. The largest absolute Gasteiger partial charge is 0.362 e. The lowest BCUT2D eigenvalue weighted by atomic mass is 10.0. The maximum Gasteiger partial charge on any atom is 0.254 e. The highest BCUT2D eigenvalue weighted by molar-refractivity contribution is 7.09. The van der Waals surface area contributed by atoms with Crippen LogP contribution >= 0.6 is 11.3 Å². The van der Waals surface area contributed by atoms with Crippen LogP contribution in [0.25, 0.3) is 0 Å². The molecule has 1 unspecified atom stereocenters. The second-order valence-electron chi connectivity index (χ2n) is 6.88. The second-order valence-corrected chi connectivity index (χ2v) is 7.95. The Labute approximate surface area is 146 Å². The van der Waals surface area contributed by atoms with Gasteiger partial charge in [-0.15, -0.1) is 11.3 Å². The molecule has 0 bridgehead atoms. The molecule has 1 N–H and O–H groups in total. The summed E-state index contributed by atoms with van der Waals surface area (Å²) in [5.74, 6) is -0.0973. The molecule has 7 heteroatoms. The third-order valence-corrected chi connectivity index (χ3v) is 5.62. The van der Waals surface area contributed by atoms with Crippen molar-refractivity contribution in [3.05, 3.63) is 16.1 Å². The molecule has 6 nitrogen and oxygen atoms in total. The van der Waals surface area contributed by atoms with Crippen LogP contribution in [0.5, 0.6) is 0 Å². The van der Waals surface area contributed by atoms with Crippen molar-refractivity contribution < 1.29 is 14.3 Å². The van der Waals surface area contributed by atoms with Crippen molar-refractivity contribution in [3.63, 3.8) is 0 Å². The molecule has 0 aromatic carbocycles. The fourth-order valence-corrected chi connectivity index (χ4v) is 4.00. The minimum Gasteiger partial charge on any atom is -0.362 e. The van der Waals surface area contributed by atoms with Crippen LogP contribution in [0.2, 0.25) is 0 Å². The van der Waals surface area contributed by atoms with Crippen molar-refractivity contribution in [2.45, 2.75) is 57.6 Å². The Morgan fingerprint density at radius 2 is 2.21 bits per heavy atom. The van der Waals surface area contributed by atoms with E-state index in [1.165, 1.54) is 12.8 Å². The van der Waals surface area contributed by atoms with Crippen molar-refractivity contribution in [2.75, 3.05) is 19.7 Å². The number of amides is 2. The maximum atomic E-state index is 12.6. The van der Waals surface area contributed by atoms with Crippen molar-refractivity contribution in [3.8, 4) is 0 Å². The lowest BCUT2D eigenvalue weighted by Crippen LogP contribution is -2.60. The fraction of sp³-hybridized carbons (Fsp3) is 0.706. The van der Waals surface area contributed by atoms with Crippen molar-refractivity contribution in [1.82, 2.24) is 15.2 Å². The first-order valence-electron chi connectivity index (χ1n) is 8.60. The van der Waals surface area contributed by atoms with E-state index in [-0.39, 0.29) is 24.3 Å². The van der Waals surface area contributed by atoms with E-state index < -0.39 is 5.60 Å². The molecule has 0 radical (unpaired) electrons. The van der Waals surface area contributed by atoms with E-state index in [1.807, 2.05) is 12.3 Å². The first-order valence-corrected chi connectivity index (χ1v) is 9.48. The highest BCUT2D eigenvalue weighted by Crippen LogP contribution is 2.22. The number of hydrogen-bond acceptors (Lipinski definition) is 5. The number of nitrogens with one attached hydrogen (secondary N) is 1. The molecule has 1 aliphatic carbocycles. The van der Waals surface area contributed by atoms with Gasteiger partial charge in [-0.05, 0) is 26.7 Å². The zero-order chi connectivity index (χ0) is 17.2. The Hall–Kier alpha value is -1.47. The number of nitrogens with zero attached hydrogens (tertiary/aromatic N) is 2. The molecule has 1 aliphatic heterocycles. The summed E-state index contributed by atoms with van der Waals surface area (Å²) >= 11 is 1.54. The predicted octanol–water partition coefficient (Wildman–Crippen LogP) is 1.67. The van der Waals surface area contributed by atoms with Gasteiger partial charge in [-0.1, -0.05) is 12.8 Å². The number of carbonyl (C=O) groups is 2. The van der Waals surface area contributed by atoms with Crippen LogP contribution in [0.15, 0.2) is 5.38 Å². The van der Waals surface area contributed by atoms with E-state index in [4.69, 9.17) is 4.74 Å². The molecule has 1 saturated heterocycles. The van der Waals surface area contributed by atoms with Gasteiger partial charge in [0, 0.05) is 18.0 Å². The Balaban J connectivity index is 1.59. The molecule has 1 aromatic heterocycles. The number of aryl methyl sites for hydroxylation is 1. The van der Waals surface area contributed by atoms with Crippen LogP contribution in [-0.4, -0.2) is 53.0 Å². The molecular weight excluding hydrogens is 326 g/mol. The van der Waals surface area contributed by atoms with Crippen molar-refractivity contribution in [2.24, 2.45) is 0 Å². The standard InChI is InChI=1S/C17H25N3O3S/c1-12-18-14(10-24-12)9-15(21)20-7-8-23-17(2,11-20)16(22)19-13-5-3-4-6-13/h10,13H,3-9,11H2,1-2H3,(H,19,22). The molecule has 3 rings (SSSR count). The second kappa shape index (κ2) is 7.19. The summed E-state index contributed by atoms with van der Waals surface area (Å²) in [6.45, 7) is 4.92. The van der Waals surface area contributed by atoms with Crippen LogP contribution < -0.4 is 5.32 Å². The smallest absolute Gasteiger partial charge is 0.254 e. The van der Waals surface area contributed by atoms with Gasteiger partial charge in [0.2, 0.25) is 5.91 Å². The summed E-state index contributed by atoms with van der Waals surface area (Å²) in [4.78, 5) is 31.2. The van der Waals surface area contributed by atoms with Crippen LogP contribution in [0, 0.1) is 6.92 Å². The molecule has 2 fully saturated rings. The minimum absolute atomic E-state index is 0.00323. The molecule has 2 amide bonds. The van der Waals surface area contributed by atoms with Crippen LogP contribution in [0.3, 0.4) is 0 Å². The summed E-state index contributed by atoms with van der Waals surface area (Å²) < 4.78 is 5.75. The average Bonchev–Trinajstić information content (AvgIpc) is 3.19. The molecule has 132 valence electrons. The third kappa shape index (κ3) is 3.95. The average molecular weight is 351 g/mol. The minimum atomic E-state index is -0.964. The highest BCUT2D eigenvalue weighted by Gasteiger charge is 2.41. The zero-order valence-electron chi connectivity index (χ0n) is 14.3. The number of carbonyl (C=O) groups excluding carboxylic acids is 2. The van der Waals surface area contributed by atoms with E-state index in [9.17, 15) is 9.59 Å². The normalized spacial score (nSPS) is 25.0. The Kier molecular flexibility index (Phi) is 5.20. The number of hydrogen-bond donors (Lipinski definition) is 1. The van der Waals surface area contributed by atoms with E-state index in [0.717, 1.165) is 23.5 Å². The van der Waals surface area contributed by atoms with Gasteiger partial charge in [0.05, 0.1) is 30.3 Å². The van der Waals surface area contributed by atoms with Gasteiger partial charge in [-0.25, -0.2) is 4.98 Å². The molecular formula is C17H25N3O3S. The molecule has 2 heterocycles. The first-order chi connectivity index (χ1) is 11.5. The molecule has 2 aliphatic rings. The van der Waals surface area contributed by atoms with E-state index in [0.29, 0.717) is 19.7 Å². The van der Waals surface area contributed by atoms with Crippen molar-refractivity contribution in [1.29, 1.82) is 0 Å². The van der Waals surface area contributed by atoms with Gasteiger partial charge in [0.1, 0.15) is 0 Å². The lowest BCUT2D eigenvalue weighted by molar-refractivity contribution is -0.163. The first kappa shape index (κ1) is 17.4. The lowest BCUT2D eigenvalue weighted by Gasteiger charge is -2.39. The number of ether oxygens (including phenoxy) is 1. The number of rotatable bonds is 4. The highest BCUT2D eigenvalue weighted by atomic mass is 32.1. The summed E-state index contributed by atoms with van der Waals surface area (Å²) in [6.07, 6.45) is 4.69. The maximum absolute atomic E-state index is 12.6. The molecule has 1 aromatic rings. The van der Waals surface area contributed by atoms with Gasteiger partial charge in [0.15, 0.2) is 5.60 Å². The fourth-order valence-electron chi connectivity index (χ4n) is 3.38. The van der Waals surface area contributed by atoms with E-state index >= 15 is 0 Å². The predicted molar refractivity (Wildman–Crippen MR) is 91.9 cm³/mol. The van der Waals surface area contributed by atoms with Gasteiger partial charge >= 0.3 is 0 Å². The Morgan fingerprint density at radius 3 is 2.88 bits per heavy atom. The van der Waals surface area contributed by atoms with E-state index in [1.54, 1.807) is 23.2 Å². The summed E-state index contributed by atoms with van der Waals surface area (Å²) in [5, 5.41) is 5.96. The number of thiazole rings is 1. The van der Waals surface area contributed by atoms with Crippen molar-refractivity contribution >= 4 is 23.2 Å². The van der Waals surface area contributed by atoms with Crippen LogP contribution in [0.4, 0.5) is 0 Å². The Bertz CT molecular complexity index is 612. The monoisotopic (exact) mass is 351 g/mol. The summed E-state index contributed by atoms with van der Waals surface area (Å²) in [5.41, 5.74) is -0.166. The van der Waals surface area contributed by atoms with Gasteiger partial charge in [-0.2, -0.15) is 0 Å². The van der Waals surface area contributed by atoms with Gasteiger partial charge < -0.3 is 15.0 Å². The Morgan fingerprint density at radius 1 is 1.46 bits per heavy atom. The van der Waals surface area contributed by atoms with Crippen LogP contribution in [0.1, 0.15) is 43.3 Å². The summed E-state index contributed by atoms with van der Waals surface area (Å²) in [6, 6.07) is 0.252.